The quantitative estimate of drug-likeness (QED) is 0.769. The van der Waals surface area contributed by atoms with Crippen molar-refractivity contribution >= 4 is 29.2 Å². The number of carbonyl (C=O) groups is 2. The van der Waals surface area contributed by atoms with Crippen molar-refractivity contribution in [3.8, 4) is 5.75 Å². The Morgan fingerprint density at radius 2 is 1.87 bits per heavy atom. The zero-order chi connectivity index (χ0) is 21.8. The molecule has 2 heterocycles. The fourth-order valence-electron chi connectivity index (χ4n) is 4.19. The highest BCUT2D eigenvalue weighted by Gasteiger charge is 2.32. The van der Waals surface area contributed by atoms with Crippen LogP contribution in [0.2, 0.25) is 5.02 Å². The number of halogens is 1. The zero-order valence-corrected chi connectivity index (χ0v) is 18.5. The predicted molar refractivity (Wildman–Crippen MR) is 122 cm³/mol. The number of hydrogen-bond donors (Lipinski definition) is 1. The van der Waals surface area contributed by atoms with Gasteiger partial charge in [0, 0.05) is 30.6 Å². The summed E-state index contributed by atoms with van der Waals surface area (Å²) in [6, 6.07) is 15.5. The number of piperidine rings is 1. The van der Waals surface area contributed by atoms with Gasteiger partial charge in [-0.3, -0.25) is 9.69 Å². The summed E-state index contributed by atoms with van der Waals surface area (Å²) in [4.78, 5) is 29.3. The van der Waals surface area contributed by atoms with Crippen LogP contribution in [-0.4, -0.2) is 49.6 Å². The number of likely N-dealkylation sites (tertiary alicyclic amines) is 1. The molecule has 1 atom stereocenters. The second-order valence-electron chi connectivity index (χ2n) is 8.21. The maximum Gasteiger partial charge on any atom is 0.324 e. The molecule has 0 bridgehead atoms. The number of nitrogens with one attached hydrogen (secondary N) is 1. The van der Waals surface area contributed by atoms with Crippen LogP contribution in [0.15, 0.2) is 48.5 Å². The van der Waals surface area contributed by atoms with Gasteiger partial charge in [0.05, 0.1) is 12.2 Å². The highest BCUT2D eigenvalue weighted by Crippen LogP contribution is 2.35. The van der Waals surface area contributed by atoms with Crippen LogP contribution in [0, 0.1) is 5.92 Å². The summed E-state index contributed by atoms with van der Waals surface area (Å²) >= 11 is 6.13. The van der Waals surface area contributed by atoms with E-state index in [1.165, 1.54) is 5.56 Å². The van der Waals surface area contributed by atoms with Crippen LogP contribution < -0.4 is 15.0 Å². The van der Waals surface area contributed by atoms with E-state index in [0.29, 0.717) is 62.1 Å². The number of ether oxygens (including phenoxy) is 1. The lowest BCUT2D eigenvalue weighted by atomic mass is 9.95. The molecule has 0 aromatic heterocycles. The molecule has 31 heavy (non-hydrogen) atoms. The monoisotopic (exact) mass is 441 g/mol. The van der Waals surface area contributed by atoms with Gasteiger partial charge in [-0.2, -0.15) is 0 Å². The minimum absolute atomic E-state index is 0.0524. The van der Waals surface area contributed by atoms with Crippen molar-refractivity contribution < 1.29 is 14.3 Å². The number of urea groups is 1. The van der Waals surface area contributed by atoms with E-state index in [1.807, 2.05) is 23.1 Å². The van der Waals surface area contributed by atoms with Gasteiger partial charge in [0.25, 0.3) is 0 Å². The lowest BCUT2D eigenvalue weighted by Gasteiger charge is -2.37. The summed E-state index contributed by atoms with van der Waals surface area (Å²) in [5.41, 5.74) is 1.92. The number of fused-ring (bicyclic) bond motifs is 1. The van der Waals surface area contributed by atoms with Gasteiger partial charge in [0.15, 0.2) is 0 Å². The zero-order valence-electron chi connectivity index (χ0n) is 17.7. The lowest BCUT2D eigenvalue weighted by Crippen LogP contribution is -2.50. The molecular formula is C24H28ClN3O3. The molecule has 2 aromatic rings. The molecule has 2 aromatic carbocycles. The van der Waals surface area contributed by atoms with Crippen LogP contribution in [0.4, 0.5) is 10.5 Å². The summed E-state index contributed by atoms with van der Waals surface area (Å²) < 4.78 is 5.65. The van der Waals surface area contributed by atoms with Crippen molar-refractivity contribution in [2.24, 2.45) is 5.92 Å². The summed E-state index contributed by atoms with van der Waals surface area (Å²) in [7, 11) is 0. The molecule has 0 spiro atoms. The fourth-order valence-corrected chi connectivity index (χ4v) is 4.36. The molecule has 0 unspecified atom stereocenters. The Bertz CT molecular complexity index is 929. The molecule has 3 amide bonds. The standard InChI is InChI=1S/C24H28ClN3O3/c1-17(18-5-3-2-4-6-18)16-26-23(29)19-9-11-27(12-10-19)24(30)28-13-14-31-22-8-7-20(25)15-21(22)28/h2-8,15,17,19H,9-14,16H2,1H3,(H,26,29)/t17-/m1/s1. The first-order chi connectivity index (χ1) is 15.0. The molecule has 0 saturated carbocycles. The second kappa shape index (κ2) is 9.60. The van der Waals surface area contributed by atoms with Crippen LogP contribution in [0.3, 0.4) is 0 Å². The molecule has 2 aliphatic rings. The third kappa shape index (κ3) is 4.96. The van der Waals surface area contributed by atoms with Crippen molar-refractivity contribution in [3.63, 3.8) is 0 Å². The van der Waals surface area contributed by atoms with Crippen LogP contribution in [0.25, 0.3) is 0 Å². The van der Waals surface area contributed by atoms with Gasteiger partial charge in [-0.1, -0.05) is 48.9 Å². The number of nitrogens with zero attached hydrogens (tertiary/aromatic N) is 2. The van der Waals surface area contributed by atoms with Gasteiger partial charge >= 0.3 is 6.03 Å². The van der Waals surface area contributed by atoms with Gasteiger partial charge in [-0.15, -0.1) is 0 Å². The minimum Gasteiger partial charge on any atom is -0.490 e. The molecule has 164 valence electrons. The first kappa shape index (κ1) is 21.5. The molecule has 1 saturated heterocycles. The Morgan fingerprint density at radius 1 is 1.13 bits per heavy atom. The molecule has 1 fully saturated rings. The number of carbonyl (C=O) groups excluding carboxylic acids is 2. The van der Waals surface area contributed by atoms with Gasteiger partial charge in [0.1, 0.15) is 12.4 Å². The molecule has 0 radical (unpaired) electrons. The number of anilines is 1. The van der Waals surface area contributed by atoms with Gasteiger partial charge in [-0.25, -0.2) is 4.79 Å². The maximum absolute atomic E-state index is 13.1. The van der Waals surface area contributed by atoms with E-state index in [-0.39, 0.29) is 23.8 Å². The van der Waals surface area contributed by atoms with Crippen LogP contribution in [-0.2, 0) is 4.79 Å². The second-order valence-corrected chi connectivity index (χ2v) is 8.65. The first-order valence-electron chi connectivity index (χ1n) is 10.8. The van der Waals surface area contributed by atoms with Crippen LogP contribution >= 0.6 is 11.6 Å². The molecule has 6 nitrogen and oxygen atoms in total. The summed E-state index contributed by atoms with van der Waals surface area (Å²) in [5.74, 6) is 0.961. The van der Waals surface area contributed by atoms with E-state index in [4.69, 9.17) is 16.3 Å². The van der Waals surface area contributed by atoms with Crippen molar-refractivity contribution in [1.29, 1.82) is 0 Å². The molecule has 4 rings (SSSR count). The lowest BCUT2D eigenvalue weighted by molar-refractivity contribution is -0.126. The van der Waals surface area contributed by atoms with E-state index in [1.54, 1.807) is 23.1 Å². The van der Waals surface area contributed by atoms with Crippen molar-refractivity contribution in [1.82, 2.24) is 10.2 Å². The molecule has 1 N–H and O–H groups in total. The number of benzene rings is 2. The Hall–Kier alpha value is -2.73. The van der Waals surface area contributed by atoms with Gasteiger partial charge < -0.3 is 15.0 Å². The SMILES string of the molecule is C[C@H](CNC(=O)C1CCN(C(=O)N2CCOc3ccc(Cl)cc32)CC1)c1ccccc1. The summed E-state index contributed by atoms with van der Waals surface area (Å²) in [5, 5.41) is 3.66. The number of amides is 3. The maximum atomic E-state index is 13.1. The molecule has 7 heteroatoms. The molecule has 2 aliphatic heterocycles. The largest absolute Gasteiger partial charge is 0.490 e. The van der Waals surface area contributed by atoms with E-state index in [2.05, 4.69) is 24.4 Å². The smallest absolute Gasteiger partial charge is 0.324 e. The normalized spacial score (nSPS) is 17.5. The summed E-state index contributed by atoms with van der Waals surface area (Å²) in [6.45, 7) is 4.82. The van der Waals surface area contributed by atoms with Gasteiger partial charge in [-0.05, 0) is 42.5 Å². The highest BCUT2D eigenvalue weighted by molar-refractivity contribution is 6.31. The Morgan fingerprint density at radius 3 is 2.61 bits per heavy atom. The van der Waals surface area contributed by atoms with Crippen molar-refractivity contribution in [2.75, 3.05) is 37.7 Å². The van der Waals surface area contributed by atoms with E-state index >= 15 is 0 Å². The minimum atomic E-state index is -0.0570. The molecule has 0 aliphatic carbocycles. The van der Waals surface area contributed by atoms with Crippen molar-refractivity contribution in [3.05, 3.63) is 59.1 Å². The first-order valence-corrected chi connectivity index (χ1v) is 11.2. The highest BCUT2D eigenvalue weighted by atomic mass is 35.5. The average Bonchev–Trinajstić information content (AvgIpc) is 2.82. The third-order valence-electron chi connectivity index (χ3n) is 6.10. The topological polar surface area (TPSA) is 61.9 Å². The fraction of sp³-hybridized carbons (Fsp3) is 0.417. The Labute approximate surface area is 188 Å². The molecular weight excluding hydrogens is 414 g/mol. The number of hydrogen-bond acceptors (Lipinski definition) is 3. The Kier molecular flexibility index (Phi) is 6.66. The third-order valence-corrected chi connectivity index (χ3v) is 6.34. The Balaban J connectivity index is 1.29. The van der Waals surface area contributed by atoms with Gasteiger partial charge in [0.2, 0.25) is 5.91 Å². The van der Waals surface area contributed by atoms with E-state index in [9.17, 15) is 9.59 Å². The van der Waals surface area contributed by atoms with E-state index < -0.39 is 0 Å². The average molecular weight is 442 g/mol. The number of rotatable bonds is 4. The van der Waals surface area contributed by atoms with Crippen LogP contribution in [0.5, 0.6) is 5.75 Å². The van der Waals surface area contributed by atoms with E-state index in [0.717, 1.165) is 0 Å². The summed E-state index contributed by atoms with van der Waals surface area (Å²) in [6.07, 6.45) is 1.34. The predicted octanol–water partition coefficient (Wildman–Crippen LogP) is 4.29. The van der Waals surface area contributed by atoms with Crippen molar-refractivity contribution in [2.45, 2.75) is 25.7 Å². The van der Waals surface area contributed by atoms with Crippen LogP contribution in [0.1, 0.15) is 31.2 Å².